The van der Waals surface area contributed by atoms with Gasteiger partial charge in [0.2, 0.25) is 0 Å². The number of nitrogens with one attached hydrogen (secondary N) is 2. The molecule has 1 aromatic carbocycles. The predicted molar refractivity (Wildman–Crippen MR) is 89.0 cm³/mol. The molecule has 0 unspecified atom stereocenters. The fourth-order valence-corrected chi connectivity index (χ4v) is 4.28. The van der Waals surface area contributed by atoms with Crippen LogP contribution >= 0.6 is 34.5 Å². The highest BCUT2D eigenvalue weighted by atomic mass is 35.5. The SMILES string of the molecule is CCNCc1cc(S(=O)(=O)Nc2ccsc2)c(Cl)cc1Cl. The Morgan fingerprint density at radius 3 is 2.62 bits per heavy atom. The number of thiophene rings is 1. The molecule has 1 heterocycles. The average Bonchev–Trinajstić information content (AvgIpc) is 2.89. The van der Waals surface area contributed by atoms with Gasteiger partial charge >= 0.3 is 0 Å². The molecule has 2 rings (SSSR count). The summed E-state index contributed by atoms with van der Waals surface area (Å²) in [5.41, 5.74) is 1.20. The lowest BCUT2D eigenvalue weighted by Crippen LogP contribution is -2.16. The van der Waals surface area contributed by atoms with Crippen LogP contribution in [0.15, 0.2) is 33.9 Å². The molecule has 0 aliphatic heterocycles. The van der Waals surface area contributed by atoms with Gasteiger partial charge in [-0.25, -0.2) is 8.42 Å². The second kappa shape index (κ2) is 6.98. The maximum absolute atomic E-state index is 12.4. The third kappa shape index (κ3) is 4.11. The lowest BCUT2D eigenvalue weighted by Gasteiger charge is -2.12. The molecule has 0 aliphatic carbocycles. The molecule has 21 heavy (non-hydrogen) atoms. The molecule has 0 bridgehead atoms. The van der Waals surface area contributed by atoms with E-state index in [9.17, 15) is 8.42 Å². The number of benzene rings is 1. The highest BCUT2D eigenvalue weighted by molar-refractivity contribution is 7.92. The highest BCUT2D eigenvalue weighted by Gasteiger charge is 2.20. The van der Waals surface area contributed by atoms with Crippen molar-refractivity contribution in [3.05, 3.63) is 44.6 Å². The minimum Gasteiger partial charge on any atom is -0.313 e. The molecule has 0 amide bonds. The van der Waals surface area contributed by atoms with Gasteiger partial charge in [0.25, 0.3) is 10.0 Å². The summed E-state index contributed by atoms with van der Waals surface area (Å²) >= 11 is 13.5. The minimum atomic E-state index is -3.74. The molecule has 8 heteroatoms. The fourth-order valence-electron chi connectivity index (χ4n) is 1.70. The Bertz CT molecular complexity index is 716. The molecule has 4 nitrogen and oxygen atoms in total. The summed E-state index contributed by atoms with van der Waals surface area (Å²) in [5, 5.41) is 7.15. The minimum absolute atomic E-state index is 0.0210. The van der Waals surface area contributed by atoms with Gasteiger partial charge in [-0.1, -0.05) is 30.1 Å². The van der Waals surface area contributed by atoms with Crippen LogP contribution in [0, 0.1) is 0 Å². The monoisotopic (exact) mass is 364 g/mol. The second-order valence-corrected chi connectivity index (χ2v) is 7.52. The first kappa shape index (κ1) is 16.6. The lowest BCUT2D eigenvalue weighted by molar-refractivity contribution is 0.601. The summed E-state index contributed by atoms with van der Waals surface area (Å²) < 4.78 is 27.3. The van der Waals surface area contributed by atoms with Gasteiger partial charge in [0.1, 0.15) is 4.90 Å². The van der Waals surface area contributed by atoms with Crippen molar-refractivity contribution >= 4 is 50.2 Å². The summed E-state index contributed by atoms with van der Waals surface area (Å²) in [5.74, 6) is 0. The molecule has 2 aromatic rings. The molecule has 0 radical (unpaired) electrons. The maximum Gasteiger partial charge on any atom is 0.263 e. The fraction of sp³-hybridized carbons (Fsp3) is 0.231. The van der Waals surface area contributed by atoms with Crippen molar-refractivity contribution in [2.75, 3.05) is 11.3 Å². The van der Waals surface area contributed by atoms with Gasteiger partial charge in [0.05, 0.1) is 10.7 Å². The highest BCUT2D eigenvalue weighted by Crippen LogP contribution is 2.30. The number of anilines is 1. The van der Waals surface area contributed by atoms with Gasteiger partial charge < -0.3 is 5.32 Å². The van der Waals surface area contributed by atoms with E-state index < -0.39 is 10.0 Å². The number of rotatable bonds is 6. The van der Waals surface area contributed by atoms with Crippen LogP contribution in [0.1, 0.15) is 12.5 Å². The van der Waals surface area contributed by atoms with Crippen molar-refractivity contribution in [2.45, 2.75) is 18.4 Å². The van der Waals surface area contributed by atoms with Gasteiger partial charge in [-0.2, -0.15) is 11.3 Å². The molecule has 1 aromatic heterocycles. The number of hydrogen-bond donors (Lipinski definition) is 2. The van der Waals surface area contributed by atoms with Crippen molar-refractivity contribution in [3.8, 4) is 0 Å². The van der Waals surface area contributed by atoms with E-state index in [0.29, 0.717) is 22.8 Å². The average molecular weight is 365 g/mol. The zero-order chi connectivity index (χ0) is 15.5. The molecule has 2 N–H and O–H groups in total. The zero-order valence-electron chi connectivity index (χ0n) is 11.2. The van der Waals surface area contributed by atoms with Crippen LogP contribution in [-0.4, -0.2) is 15.0 Å². The molecular formula is C13H14Cl2N2O2S2. The number of sulfonamides is 1. The summed E-state index contributed by atoms with van der Waals surface area (Å²) in [7, 11) is -3.74. The molecule has 0 saturated carbocycles. The molecule has 0 atom stereocenters. The van der Waals surface area contributed by atoms with E-state index in [1.54, 1.807) is 16.8 Å². The Labute approximate surface area is 138 Å². The standard InChI is InChI=1S/C13H14Cl2N2O2S2/c1-2-16-7-9-5-13(12(15)6-11(9)14)21(18,19)17-10-3-4-20-8-10/h3-6,8,16-17H,2,7H2,1H3. The summed E-state index contributed by atoms with van der Waals surface area (Å²) in [6, 6.07) is 4.64. The third-order valence-electron chi connectivity index (χ3n) is 2.73. The van der Waals surface area contributed by atoms with Crippen molar-refractivity contribution in [1.29, 1.82) is 0 Å². The third-order valence-corrected chi connectivity index (χ3v) is 5.61. The van der Waals surface area contributed by atoms with Gasteiger partial charge in [0.15, 0.2) is 0 Å². The van der Waals surface area contributed by atoms with Crippen LogP contribution in [0.2, 0.25) is 10.0 Å². The van der Waals surface area contributed by atoms with E-state index in [1.165, 1.54) is 23.5 Å². The molecular weight excluding hydrogens is 351 g/mol. The van der Waals surface area contributed by atoms with Crippen LogP contribution in [0.3, 0.4) is 0 Å². The molecule has 0 aliphatic rings. The van der Waals surface area contributed by atoms with E-state index in [-0.39, 0.29) is 9.92 Å². The lowest BCUT2D eigenvalue weighted by atomic mass is 10.2. The van der Waals surface area contributed by atoms with E-state index in [2.05, 4.69) is 10.0 Å². The summed E-state index contributed by atoms with van der Waals surface area (Å²) in [6.45, 7) is 3.20. The topological polar surface area (TPSA) is 58.2 Å². The van der Waals surface area contributed by atoms with Gasteiger partial charge in [0, 0.05) is 16.9 Å². The number of halogens is 2. The smallest absolute Gasteiger partial charge is 0.263 e. The second-order valence-electron chi connectivity index (χ2n) is 4.27. The van der Waals surface area contributed by atoms with Crippen molar-refractivity contribution in [1.82, 2.24) is 5.32 Å². The van der Waals surface area contributed by atoms with E-state index in [4.69, 9.17) is 23.2 Å². The van der Waals surface area contributed by atoms with E-state index >= 15 is 0 Å². The Hall–Kier alpha value is -0.790. The Morgan fingerprint density at radius 1 is 1.24 bits per heavy atom. The number of hydrogen-bond acceptors (Lipinski definition) is 4. The van der Waals surface area contributed by atoms with Crippen molar-refractivity contribution in [2.24, 2.45) is 0 Å². The predicted octanol–water partition coefficient (Wildman–Crippen LogP) is 3.97. The maximum atomic E-state index is 12.4. The van der Waals surface area contributed by atoms with Gasteiger partial charge in [-0.05, 0) is 35.7 Å². The first-order valence-electron chi connectivity index (χ1n) is 6.17. The van der Waals surface area contributed by atoms with Gasteiger partial charge in [-0.15, -0.1) is 0 Å². The van der Waals surface area contributed by atoms with Crippen molar-refractivity contribution in [3.63, 3.8) is 0 Å². The first-order chi connectivity index (χ1) is 9.94. The van der Waals surface area contributed by atoms with E-state index in [0.717, 1.165) is 6.54 Å². The molecule has 114 valence electrons. The van der Waals surface area contributed by atoms with Crippen LogP contribution in [0.25, 0.3) is 0 Å². The quantitative estimate of drug-likeness (QED) is 0.815. The summed E-state index contributed by atoms with van der Waals surface area (Å²) in [4.78, 5) is 0.0210. The molecule has 0 spiro atoms. The zero-order valence-corrected chi connectivity index (χ0v) is 14.3. The normalized spacial score (nSPS) is 11.6. The van der Waals surface area contributed by atoms with E-state index in [1.807, 2.05) is 6.92 Å². The Kier molecular flexibility index (Phi) is 5.51. The van der Waals surface area contributed by atoms with Crippen LogP contribution in [0.4, 0.5) is 5.69 Å². The Morgan fingerprint density at radius 2 is 2.00 bits per heavy atom. The van der Waals surface area contributed by atoms with Gasteiger partial charge in [-0.3, -0.25) is 4.72 Å². The van der Waals surface area contributed by atoms with Crippen molar-refractivity contribution < 1.29 is 8.42 Å². The van der Waals surface area contributed by atoms with Crippen LogP contribution in [0.5, 0.6) is 0 Å². The molecule has 0 fully saturated rings. The molecule has 0 saturated heterocycles. The first-order valence-corrected chi connectivity index (χ1v) is 9.36. The Balaban J connectivity index is 2.37. The van der Waals surface area contributed by atoms with Crippen LogP contribution in [-0.2, 0) is 16.6 Å². The summed E-state index contributed by atoms with van der Waals surface area (Å²) in [6.07, 6.45) is 0. The van der Waals surface area contributed by atoms with Crippen LogP contribution < -0.4 is 10.0 Å². The largest absolute Gasteiger partial charge is 0.313 e.